The molecule has 3 N–H and O–H groups in total. The largest absolute Gasteiger partial charge is 0.416 e. The lowest BCUT2D eigenvalue weighted by Crippen LogP contribution is -2.37. The molecule has 2 heterocycles. The minimum Gasteiger partial charge on any atom is -0.416 e. The van der Waals surface area contributed by atoms with Crippen LogP contribution in [-0.2, 0) is 4.84 Å². The number of nitrogens with zero attached hydrogens (tertiary/aromatic N) is 3. The molecule has 0 atom stereocenters. The number of hydrazine groups is 2. The quantitative estimate of drug-likeness (QED) is 0.284. The van der Waals surface area contributed by atoms with Gasteiger partial charge in [0, 0.05) is 5.41 Å². The lowest BCUT2D eigenvalue weighted by Gasteiger charge is -2.11. The van der Waals surface area contributed by atoms with Gasteiger partial charge in [-0.1, -0.05) is 33.1 Å². The summed E-state index contributed by atoms with van der Waals surface area (Å²) in [6.07, 6.45) is 0. The van der Waals surface area contributed by atoms with E-state index in [-0.39, 0.29) is 5.05 Å². The highest BCUT2D eigenvalue weighted by atomic mass is 32.2. The van der Waals surface area contributed by atoms with Crippen molar-refractivity contribution in [1.82, 2.24) is 14.9 Å². The Hall–Kier alpha value is -1.72. The Morgan fingerprint density at radius 1 is 1.45 bits per heavy atom. The van der Waals surface area contributed by atoms with Crippen molar-refractivity contribution in [3.05, 3.63) is 35.4 Å². The molecule has 1 aliphatic heterocycles. The van der Waals surface area contributed by atoms with Gasteiger partial charge in [-0.3, -0.25) is 5.43 Å². The Bertz CT molecular complexity index is 740. The molecule has 1 aliphatic rings. The van der Waals surface area contributed by atoms with Crippen molar-refractivity contribution in [2.45, 2.75) is 0 Å². The van der Waals surface area contributed by atoms with Crippen LogP contribution in [0.1, 0.15) is 0 Å². The van der Waals surface area contributed by atoms with E-state index in [1.165, 1.54) is 34.9 Å². The standard InChI is InChI=1S/C12H11N5O2S3/c1-18-16-10(8-6-21-17(13)15-8)11(20)19-12-14-7-4-2-3-5-9(7)22-12/h2-6,15H,13H2,1H3/b16-10-. The van der Waals surface area contributed by atoms with Crippen molar-refractivity contribution in [3.8, 4) is 5.19 Å². The van der Waals surface area contributed by atoms with Gasteiger partial charge in [0.2, 0.25) is 5.05 Å². The molecule has 1 aromatic heterocycles. The van der Waals surface area contributed by atoms with Gasteiger partial charge in [0.05, 0.1) is 15.9 Å². The van der Waals surface area contributed by atoms with Crippen LogP contribution in [-0.4, -0.2) is 27.4 Å². The normalized spacial score (nSPS) is 15.5. The summed E-state index contributed by atoms with van der Waals surface area (Å²) in [6.45, 7) is 0. The third-order valence-corrected chi connectivity index (χ3v) is 4.45. The molecule has 2 aromatic rings. The Balaban J connectivity index is 1.80. The third kappa shape index (κ3) is 3.20. The van der Waals surface area contributed by atoms with Crippen LogP contribution in [0.25, 0.3) is 10.2 Å². The van der Waals surface area contributed by atoms with Crippen LogP contribution in [0, 0.1) is 0 Å². The van der Waals surface area contributed by atoms with Crippen LogP contribution in [0.4, 0.5) is 0 Å². The van der Waals surface area contributed by atoms with Crippen LogP contribution >= 0.6 is 35.5 Å². The maximum atomic E-state index is 5.64. The van der Waals surface area contributed by atoms with E-state index in [2.05, 4.69) is 15.6 Å². The van der Waals surface area contributed by atoms with Crippen molar-refractivity contribution in [2.75, 3.05) is 7.11 Å². The Labute approximate surface area is 139 Å². The molecule has 0 saturated carbocycles. The summed E-state index contributed by atoms with van der Waals surface area (Å²) in [6, 6.07) is 7.75. The molecule has 1 aromatic carbocycles. The number of benzene rings is 1. The second kappa shape index (κ2) is 6.58. The molecule has 114 valence electrons. The lowest BCUT2D eigenvalue weighted by molar-refractivity contribution is 0.213. The van der Waals surface area contributed by atoms with Crippen molar-refractivity contribution < 1.29 is 9.57 Å². The second-order valence-electron chi connectivity index (χ2n) is 4.03. The number of para-hydroxylation sites is 1. The highest BCUT2D eigenvalue weighted by Crippen LogP contribution is 2.28. The molecule has 22 heavy (non-hydrogen) atoms. The minimum absolute atomic E-state index is 0.149. The van der Waals surface area contributed by atoms with Crippen molar-refractivity contribution in [1.29, 1.82) is 0 Å². The summed E-state index contributed by atoms with van der Waals surface area (Å²) in [5, 5.41) is 6.25. The van der Waals surface area contributed by atoms with E-state index in [9.17, 15) is 0 Å². The first kappa shape index (κ1) is 15.2. The first-order chi connectivity index (χ1) is 10.7. The van der Waals surface area contributed by atoms with Gasteiger partial charge in [0.25, 0.3) is 5.19 Å². The monoisotopic (exact) mass is 353 g/mol. The smallest absolute Gasteiger partial charge is 0.280 e. The molecule has 0 fully saturated rings. The van der Waals surface area contributed by atoms with Crippen molar-refractivity contribution in [2.24, 2.45) is 11.0 Å². The summed E-state index contributed by atoms with van der Waals surface area (Å²) >= 11 is 7.95. The highest BCUT2D eigenvalue weighted by molar-refractivity contribution is 8.00. The number of nitrogens with one attached hydrogen (secondary N) is 1. The highest BCUT2D eigenvalue weighted by Gasteiger charge is 2.23. The average Bonchev–Trinajstić information content (AvgIpc) is 3.10. The molecule has 3 rings (SSSR count). The number of rotatable bonds is 4. The van der Waals surface area contributed by atoms with Gasteiger partial charge >= 0.3 is 0 Å². The topological polar surface area (TPSA) is 85.0 Å². The number of hydrogen-bond acceptors (Lipinski definition) is 10. The molecule has 0 radical (unpaired) electrons. The summed E-state index contributed by atoms with van der Waals surface area (Å²) in [7, 11) is 1.43. The summed E-state index contributed by atoms with van der Waals surface area (Å²) < 4.78 is 7.98. The summed E-state index contributed by atoms with van der Waals surface area (Å²) in [5.74, 6) is 5.61. The Kier molecular flexibility index (Phi) is 4.55. The predicted octanol–water partition coefficient (Wildman–Crippen LogP) is 2.19. The van der Waals surface area contributed by atoms with Crippen LogP contribution in [0.2, 0.25) is 0 Å². The van der Waals surface area contributed by atoms with Gasteiger partial charge in [-0.25, -0.2) is 10.8 Å². The number of ether oxygens (including phenoxy) is 1. The predicted molar refractivity (Wildman–Crippen MR) is 92.1 cm³/mol. The van der Waals surface area contributed by atoms with E-state index < -0.39 is 0 Å². The van der Waals surface area contributed by atoms with Crippen LogP contribution in [0.5, 0.6) is 5.19 Å². The Morgan fingerprint density at radius 3 is 2.95 bits per heavy atom. The van der Waals surface area contributed by atoms with Gasteiger partial charge in [0.15, 0.2) is 5.71 Å². The van der Waals surface area contributed by atoms with E-state index in [0.717, 1.165) is 10.2 Å². The third-order valence-electron chi connectivity index (χ3n) is 2.60. The lowest BCUT2D eigenvalue weighted by atomic mass is 10.3. The molecule has 7 nitrogen and oxygen atoms in total. The fourth-order valence-corrected chi connectivity index (χ4v) is 3.33. The maximum Gasteiger partial charge on any atom is 0.280 e. The molecule has 0 amide bonds. The SMILES string of the molecule is CO/N=C(\C(=S)Oc1nc2ccccc2s1)C1=CSN(N)N1. The molecular weight excluding hydrogens is 342 g/mol. The van der Waals surface area contributed by atoms with Crippen LogP contribution < -0.4 is 16.0 Å². The molecule has 10 heteroatoms. The average molecular weight is 353 g/mol. The van der Waals surface area contributed by atoms with Gasteiger partial charge in [-0.05, 0) is 36.3 Å². The number of thiazole rings is 1. The number of fused-ring (bicyclic) bond motifs is 1. The number of nitrogens with two attached hydrogens (primary N) is 1. The summed E-state index contributed by atoms with van der Waals surface area (Å²) in [5.41, 5.74) is 4.67. The van der Waals surface area contributed by atoms with Gasteiger partial charge < -0.3 is 9.57 Å². The molecule has 0 bridgehead atoms. The summed E-state index contributed by atoms with van der Waals surface area (Å²) in [4.78, 5) is 9.19. The van der Waals surface area contributed by atoms with E-state index in [1.54, 1.807) is 5.41 Å². The first-order valence-corrected chi connectivity index (χ1v) is 8.11. The van der Waals surface area contributed by atoms with Crippen molar-refractivity contribution >= 4 is 56.5 Å². The number of hydrogen-bond donors (Lipinski definition) is 2. The van der Waals surface area contributed by atoms with E-state index in [4.69, 9.17) is 27.6 Å². The molecule has 0 saturated heterocycles. The molecular formula is C12H11N5O2S3. The Morgan fingerprint density at radius 2 is 2.27 bits per heavy atom. The molecule has 0 unspecified atom stereocenters. The van der Waals surface area contributed by atoms with E-state index in [0.29, 0.717) is 16.6 Å². The number of oxime groups is 1. The number of aromatic nitrogens is 1. The fourth-order valence-electron chi connectivity index (χ4n) is 1.70. The second-order valence-corrected chi connectivity index (χ2v) is 6.24. The zero-order chi connectivity index (χ0) is 15.5. The zero-order valence-electron chi connectivity index (χ0n) is 11.3. The van der Waals surface area contributed by atoms with E-state index >= 15 is 0 Å². The zero-order valence-corrected chi connectivity index (χ0v) is 13.8. The maximum absolute atomic E-state index is 5.64. The first-order valence-electron chi connectivity index (χ1n) is 6.05. The van der Waals surface area contributed by atoms with Gasteiger partial charge in [0.1, 0.15) is 7.11 Å². The fraction of sp³-hybridized carbons (Fsp3) is 0.0833. The van der Waals surface area contributed by atoms with Crippen LogP contribution in [0.15, 0.2) is 40.5 Å². The van der Waals surface area contributed by atoms with Crippen molar-refractivity contribution in [3.63, 3.8) is 0 Å². The molecule has 0 spiro atoms. The molecule has 0 aliphatic carbocycles. The van der Waals surface area contributed by atoms with Gasteiger partial charge in [-0.2, -0.15) is 0 Å². The minimum atomic E-state index is 0.149. The van der Waals surface area contributed by atoms with Crippen LogP contribution in [0.3, 0.4) is 0 Å². The number of thiocarbonyl (C=S) groups is 1. The van der Waals surface area contributed by atoms with E-state index in [1.807, 2.05) is 24.3 Å². The van der Waals surface area contributed by atoms with Gasteiger partial charge in [-0.15, -0.1) is 0 Å².